The van der Waals surface area contributed by atoms with E-state index < -0.39 is 0 Å². The van der Waals surface area contributed by atoms with Gasteiger partial charge >= 0.3 is 0 Å². The summed E-state index contributed by atoms with van der Waals surface area (Å²) in [6.45, 7) is 0.902. The lowest BCUT2D eigenvalue weighted by atomic mass is 10.1. The third-order valence-electron chi connectivity index (χ3n) is 3.68. The molecule has 5 nitrogen and oxygen atoms in total. The van der Waals surface area contributed by atoms with E-state index in [0.717, 1.165) is 18.4 Å². The molecule has 1 N–H and O–H groups in total. The van der Waals surface area contributed by atoms with Crippen LogP contribution in [0.2, 0.25) is 0 Å². The van der Waals surface area contributed by atoms with Gasteiger partial charge in [-0.25, -0.2) is 0 Å². The van der Waals surface area contributed by atoms with Crippen molar-refractivity contribution in [3.63, 3.8) is 0 Å². The summed E-state index contributed by atoms with van der Waals surface area (Å²) < 4.78 is 15.7. The Morgan fingerprint density at radius 1 is 1.25 bits per heavy atom. The van der Waals surface area contributed by atoms with Crippen LogP contribution in [0.1, 0.15) is 18.4 Å². The summed E-state index contributed by atoms with van der Waals surface area (Å²) in [7, 11) is 4.81. The van der Waals surface area contributed by atoms with Gasteiger partial charge in [0.05, 0.1) is 26.2 Å². The maximum absolute atomic E-state index is 12.2. The van der Waals surface area contributed by atoms with E-state index in [1.54, 1.807) is 21.3 Å². The highest BCUT2D eigenvalue weighted by molar-refractivity contribution is 5.85. The molecule has 0 bridgehead atoms. The van der Waals surface area contributed by atoms with Gasteiger partial charge in [-0.2, -0.15) is 0 Å². The number of para-hydroxylation sites is 1. The highest BCUT2D eigenvalue weighted by Gasteiger charge is 2.49. The first kappa shape index (κ1) is 14.7. The van der Waals surface area contributed by atoms with Crippen LogP contribution in [0, 0.1) is 5.41 Å². The minimum absolute atomic E-state index is 0.0456. The molecule has 1 aromatic rings. The molecule has 2 rings (SSSR count). The molecule has 0 saturated heterocycles. The molecule has 0 heterocycles. The Kier molecular flexibility index (Phi) is 4.49. The van der Waals surface area contributed by atoms with E-state index in [0.29, 0.717) is 24.7 Å². The number of ether oxygens (including phenoxy) is 3. The van der Waals surface area contributed by atoms with Crippen LogP contribution < -0.4 is 14.8 Å². The zero-order chi connectivity index (χ0) is 14.6. The lowest BCUT2D eigenvalue weighted by Crippen LogP contribution is -2.34. The average Bonchev–Trinajstić information content (AvgIpc) is 3.25. The second-order valence-electron chi connectivity index (χ2n) is 5.05. The zero-order valence-corrected chi connectivity index (χ0v) is 12.2. The van der Waals surface area contributed by atoms with Crippen LogP contribution in [0.5, 0.6) is 11.5 Å². The van der Waals surface area contributed by atoms with Crippen molar-refractivity contribution in [2.45, 2.75) is 19.4 Å². The predicted molar refractivity (Wildman–Crippen MR) is 74.9 cm³/mol. The van der Waals surface area contributed by atoms with Gasteiger partial charge in [0, 0.05) is 19.2 Å². The summed E-state index contributed by atoms with van der Waals surface area (Å²) in [5.41, 5.74) is 0.578. The van der Waals surface area contributed by atoms with Gasteiger partial charge in [-0.05, 0) is 18.9 Å². The Morgan fingerprint density at radius 2 is 2.00 bits per heavy atom. The SMILES string of the molecule is COCC1(C(=O)NCc2cccc(OC)c2OC)CC1. The molecule has 0 aromatic heterocycles. The number of benzene rings is 1. The summed E-state index contributed by atoms with van der Waals surface area (Å²) in [5, 5.41) is 2.96. The Morgan fingerprint density at radius 3 is 2.55 bits per heavy atom. The van der Waals surface area contributed by atoms with Gasteiger partial charge in [0.2, 0.25) is 5.91 Å². The standard InChI is InChI=1S/C15H21NO4/c1-18-10-15(7-8-15)14(17)16-9-11-5-4-6-12(19-2)13(11)20-3/h4-6H,7-10H2,1-3H3,(H,16,17). The quantitative estimate of drug-likeness (QED) is 0.826. The fourth-order valence-corrected chi connectivity index (χ4v) is 2.32. The molecule has 1 aliphatic carbocycles. The van der Waals surface area contributed by atoms with Crippen LogP contribution in [0.25, 0.3) is 0 Å². The van der Waals surface area contributed by atoms with Crippen molar-refractivity contribution in [3.05, 3.63) is 23.8 Å². The van der Waals surface area contributed by atoms with Crippen molar-refractivity contribution in [3.8, 4) is 11.5 Å². The lowest BCUT2D eigenvalue weighted by molar-refractivity contribution is -0.128. The van der Waals surface area contributed by atoms with E-state index in [-0.39, 0.29) is 11.3 Å². The summed E-state index contributed by atoms with van der Waals surface area (Å²) in [6.07, 6.45) is 1.78. The third-order valence-corrected chi connectivity index (χ3v) is 3.68. The number of hydrogen-bond acceptors (Lipinski definition) is 4. The molecule has 110 valence electrons. The second-order valence-corrected chi connectivity index (χ2v) is 5.05. The molecule has 0 spiro atoms. The maximum Gasteiger partial charge on any atom is 0.228 e. The molecule has 1 aliphatic rings. The van der Waals surface area contributed by atoms with Gasteiger partial charge in [0.25, 0.3) is 0 Å². The summed E-state index contributed by atoms with van der Waals surface area (Å²) in [6, 6.07) is 5.62. The van der Waals surface area contributed by atoms with Crippen LogP contribution in [-0.4, -0.2) is 33.8 Å². The largest absolute Gasteiger partial charge is 0.493 e. The maximum atomic E-state index is 12.2. The van der Waals surface area contributed by atoms with Crippen LogP contribution in [0.15, 0.2) is 18.2 Å². The smallest absolute Gasteiger partial charge is 0.228 e. The van der Waals surface area contributed by atoms with Crippen molar-refractivity contribution in [1.29, 1.82) is 0 Å². The molecule has 1 amide bonds. The van der Waals surface area contributed by atoms with Crippen LogP contribution in [-0.2, 0) is 16.1 Å². The minimum Gasteiger partial charge on any atom is -0.493 e. The minimum atomic E-state index is -0.319. The van der Waals surface area contributed by atoms with Crippen molar-refractivity contribution >= 4 is 5.91 Å². The third kappa shape index (κ3) is 2.88. The van der Waals surface area contributed by atoms with Gasteiger partial charge in [0.1, 0.15) is 0 Å². The Bertz CT molecular complexity index is 483. The van der Waals surface area contributed by atoms with Crippen molar-refractivity contribution in [2.24, 2.45) is 5.41 Å². The molecular formula is C15H21NO4. The normalized spacial score (nSPS) is 15.6. The van der Waals surface area contributed by atoms with Gasteiger partial charge in [-0.1, -0.05) is 12.1 Å². The Hall–Kier alpha value is -1.75. The highest BCUT2D eigenvalue weighted by Crippen LogP contribution is 2.46. The first-order chi connectivity index (χ1) is 9.66. The Balaban J connectivity index is 2.02. The average molecular weight is 279 g/mol. The van der Waals surface area contributed by atoms with Crippen LogP contribution >= 0.6 is 0 Å². The molecule has 1 aromatic carbocycles. The number of methoxy groups -OCH3 is 3. The summed E-state index contributed by atoms with van der Waals surface area (Å²) >= 11 is 0. The second kappa shape index (κ2) is 6.13. The van der Waals surface area contributed by atoms with Gasteiger partial charge in [-0.15, -0.1) is 0 Å². The molecular weight excluding hydrogens is 258 g/mol. The lowest BCUT2D eigenvalue weighted by Gasteiger charge is -2.16. The fourth-order valence-electron chi connectivity index (χ4n) is 2.32. The van der Waals surface area contributed by atoms with E-state index in [1.165, 1.54) is 0 Å². The van der Waals surface area contributed by atoms with Gasteiger partial charge in [-0.3, -0.25) is 4.79 Å². The first-order valence-electron chi connectivity index (χ1n) is 6.64. The monoisotopic (exact) mass is 279 g/mol. The number of carbonyl (C=O) groups excluding carboxylic acids is 1. The molecule has 5 heteroatoms. The fraction of sp³-hybridized carbons (Fsp3) is 0.533. The number of carbonyl (C=O) groups is 1. The number of amides is 1. The zero-order valence-electron chi connectivity index (χ0n) is 12.2. The molecule has 0 radical (unpaired) electrons. The summed E-state index contributed by atoms with van der Waals surface area (Å²) in [5.74, 6) is 1.37. The topological polar surface area (TPSA) is 56.8 Å². The predicted octanol–water partition coefficient (Wildman–Crippen LogP) is 1.75. The number of hydrogen-bond donors (Lipinski definition) is 1. The molecule has 1 fully saturated rings. The van der Waals surface area contributed by atoms with E-state index in [9.17, 15) is 4.79 Å². The number of rotatable bonds is 7. The molecule has 1 saturated carbocycles. The van der Waals surface area contributed by atoms with E-state index in [2.05, 4.69) is 5.32 Å². The van der Waals surface area contributed by atoms with Gasteiger partial charge < -0.3 is 19.5 Å². The first-order valence-corrected chi connectivity index (χ1v) is 6.64. The molecule has 0 unspecified atom stereocenters. The van der Waals surface area contributed by atoms with Crippen LogP contribution in [0.4, 0.5) is 0 Å². The molecule has 20 heavy (non-hydrogen) atoms. The number of nitrogens with one attached hydrogen (secondary N) is 1. The van der Waals surface area contributed by atoms with Crippen LogP contribution in [0.3, 0.4) is 0 Å². The molecule has 0 aliphatic heterocycles. The van der Waals surface area contributed by atoms with E-state index in [4.69, 9.17) is 14.2 Å². The van der Waals surface area contributed by atoms with E-state index in [1.807, 2.05) is 18.2 Å². The van der Waals surface area contributed by atoms with E-state index >= 15 is 0 Å². The highest BCUT2D eigenvalue weighted by atomic mass is 16.5. The van der Waals surface area contributed by atoms with Crippen molar-refractivity contribution < 1.29 is 19.0 Å². The summed E-state index contributed by atoms with van der Waals surface area (Å²) in [4.78, 5) is 12.2. The van der Waals surface area contributed by atoms with Crippen molar-refractivity contribution in [1.82, 2.24) is 5.32 Å². The van der Waals surface area contributed by atoms with Gasteiger partial charge in [0.15, 0.2) is 11.5 Å². The Labute approximate surface area is 119 Å². The van der Waals surface area contributed by atoms with Crippen molar-refractivity contribution in [2.75, 3.05) is 27.9 Å². The molecule has 0 atom stereocenters.